The van der Waals surface area contributed by atoms with Gasteiger partial charge in [0, 0.05) is 41.9 Å². The summed E-state index contributed by atoms with van der Waals surface area (Å²) in [7, 11) is 0. The topological polar surface area (TPSA) is 182 Å². The Morgan fingerprint density at radius 1 is 0.667 bits per heavy atom. The second-order valence-electron chi connectivity index (χ2n) is 6.50. The SMILES string of the molecule is N/C1=C/C(N)CCC(N)CC(N)C[C@H](N)CC(N)CC1N. The molecule has 0 aromatic heterocycles. The van der Waals surface area contributed by atoms with E-state index < -0.39 is 0 Å². The Morgan fingerprint density at radius 2 is 1.14 bits per heavy atom. The molecule has 0 heterocycles. The van der Waals surface area contributed by atoms with Crippen molar-refractivity contribution in [1.29, 1.82) is 0 Å². The molecule has 0 spiro atoms. The average molecular weight is 299 g/mol. The number of hydrogen-bond acceptors (Lipinski definition) is 7. The van der Waals surface area contributed by atoms with E-state index >= 15 is 0 Å². The fraction of sp³-hybridized carbons (Fsp3) is 0.857. The summed E-state index contributed by atoms with van der Waals surface area (Å²) in [5.74, 6) is 0. The van der Waals surface area contributed by atoms with Crippen molar-refractivity contribution in [2.45, 2.75) is 74.8 Å². The molecule has 0 saturated carbocycles. The van der Waals surface area contributed by atoms with Crippen LogP contribution in [0.2, 0.25) is 0 Å². The maximum atomic E-state index is 6.11. The Morgan fingerprint density at radius 3 is 1.71 bits per heavy atom. The lowest BCUT2D eigenvalue weighted by Gasteiger charge is -2.25. The first-order valence-corrected chi connectivity index (χ1v) is 7.78. The Hall–Kier alpha value is -0.700. The highest BCUT2D eigenvalue weighted by molar-refractivity contribution is 5.10. The predicted octanol–water partition coefficient (Wildman–Crippen LogP) is -1.85. The molecule has 0 aromatic rings. The molecule has 1 aliphatic carbocycles. The molecule has 7 heteroatoms. The maximum absolute atomic E-state index is 6.11. The highest BCUT2D eigenvalue weighted by Crippen LogP contribution is 2.13. The van der Waals surface area contributed by atoms with Crippen LogP contribution in [0.5, 0.6) is 0 Å². The van der Waals surface area contributed by atoms with E-state index in [9.17, 15) is 0 Å². The van der Waals surface area contributed by atoms with E-state index in [4.69, 9.17) is 40.1 Å². The Bertz CT molecular complexity index is 333. The zero-order valence-corrected chi connectivity index (χ0v) is 12.8. The molecule has 0 saturated heterocycles. The second-order valence-corrected chi connectivity index (χ2v) is 6.50. The first kappa shape index (κ1) is 18.3. The molecule has 1 aliphatic rings. The van der Waals surface area contributed by atoms with Gasteiger partial charge < -0.3 is 40.1 Å². The van der Waals surface area contributed by atoms with Crippen LogP contribution in [-0.4, -0.2) is 36.3 Å². The van der Waals surface area contributed by atoms with Crippen molar-refractivity contribution in [2.75, 3.05) is 0 Å². The molecular formula is C14H33N7. The second kappa shape index (κ2) is 8.67. The molecule has 124 valence electrons. The molecule has 6 atom stereocenters. The van der Waals surface area contributed by atoms with E-state index in [1.54, 1.807) is 0 Å². The van der Waals surface area contributed by atoms with E-state index in [1.165, 1.54) is 0 Å². The summed E-state index contributed by atoms with van der Waals surface area (Å²) in [5, 5.41) is 0. The van der Waals surface area contributed by atoms with Gasteiger partial charge in [-0.3, -0.25) is 0 Å². The minimum atomic E-state index is -0.288. The van der Waals surface area contributed by atoms with Gasteiger partial charge in [0.25, 0.3) is 0 Å². The zero-order chi connectivity index (χ0) is 16.0. The smallest absolute Gasteiger partial charge is 0.0454 e. The monoisotopic (exact) mass is 299 g/mol. The summed E-state index contributed by atoms with van der Waals surface area (Å²) in [6, 6.07) is -0.538. The van der Waals surface area contributed by atoms with Crippen molar-refractivity contribution in [3.05, 3.63) is 11.8 Å². The van der Waals surface area contributed by atoms with Crippen molar-refractivity contribution in [3.8, 4) is 0 Å². The molecular weight excluding hydrogens is 266 g/mol. The van der Waals surface area contributed by atoms with Crippen molar-refractivity contribution >= 4 is 0 Å². The molecule has 5 unspecified atom stereocenters. The van der Waals surface area contributed by atoms with Gasteiger partial charge in [-0.25, -0.2) is 0 Å². The third kappa shape index (κ3) is 7.21. The van der Waals surface area contributed by atoms with Crippen molar-refractivity contribution < 1.29 is 0 Å². The number of hydrogen-bond donors (Lipinski definition) is 7. The van der Waals surface area contributed by atoms with Crippen LogP contribution in [-0.2, 0) is 0 Å². The van der Waals surface area contributed by atoms with E-state index in [0.717, 1.165) is 19.3 Å². The van der Waals surface area contributed by atoms with Gasteiger partial charge in [-0.1, -0.05) is 0 Å². The fourth-order valence-corrected chi connectivity index (χ4v) is 2.90. The van der Waals surface area contributed by atoms with Crippen molar-refractivity contribution in [1.82, 2.24) is 0 Å². The van der Waals surface area contributed by atoms with Crippen molar-refractivity contribution in [2.24, 2.45) is 40.1 Å². The summed E-state index contributed by atoms with van der Waals surface area (Å²) in [6.45, 7) is 0. The summed E-state index contributed by atoms with van der Waals surface area (Å²) in [5.41, 5.74) is 43.1. The summed E-state index contributed by atoms with van der Waals surface area (Å²) >= 11 is 0. The van der Waals surface area contributed by atoms with Crippen LogP contribution in [0, 0.1) is 0 Å². The lowest BCUT2D eigenvalue weighted by molar-refractivity contribution is 0.396. The van der Waals surface area contributed by atoms with Crippen LogP contribution in [0.25, 0.3) is 0 Å². The largest absolute Gasteiger partial charge is 0.401 e. The molecule has 0 amide bonds. The normalized spacial score (nSPS) is 43.6. The lowest BCUT2D eigenvalue weighted by Crippen LogP contribution is -2.42. The molecule has 0 fully saturated rings. The van der Waals surface area contributed by atoms with Crippen LogP contribution in [0.3, 0.4) is 0 Å². The molecule has 0 bridgehead atoms. The van der Waals surface area contributed by atoms with Gasteiger partial charge in [0.05, 0.1) is 0 Å². The fourth-order valence-electron chi connectivity index (χ4n) is 2.90. The minimum Gasteiger partial charge on any atom is -0.401 e. The maximum Gasteiger partial charge on any atom is 0.0454 e. The van der Waals surface area contributed by atoms with Crippen LogP contribution in [0.1, 0.15) is 38.5 Å². The van der Waals surface area contributed by atoms with Crippen LogP contribution in [0.4, 0.5) is 0 Å². The molecule has 21 heavy (non-hydrogen) atoms. The third-order valence-corrected chi connectivity index (χ3v) is 4.08. The van der Waals surface area contributed by atoms with E-state index in [2.05, 4.69) is 0 Å². The molecule has 0 radical (unpaired) electrons. The highest BCUT2D eigenvalue weighted by Gasteiger charge is 2.19. The first-order chi connectivity index (χ1) is 9.77. The molecule has 0 aromatic carbocycles. The average Bonchev–Trinajstić information content (AvgIpc) is 2.34. The van der Waals surface area contributed by atoms with Crippen LogP contribution < -0.4 is 40.1 Å². The quantitative estimate of drug-likeness (QED) is 0.274. The molecule has 0 aliphatic heterocycles. The Balaban J connectivity index is 2.76. The standard InChI is InChI=1S/C14H33N7/c15-8-1-2-9(16)6-13(20)14(21)7-12(19)5-11(18)4-10(17)3-8/h6,8-12,14H,1-5,7,15-21H2/b13-6+/t8?,9?,10?,11-,12?,14?/m0/s1. The Labute approximate surface area is 127 Å². The number of nitrogens with two attached hydrogens (primary N) is 7. The van der Waals surface area contributed by atoms with Gasteiger partial charge in [0.1, 0.15) is 0 Å². The summed E-state index contributed by atoms with van der Waals surface area (Å²) in [4.78, 5) is 0. The van der Waals surface area contributed by atoms with Crippen LogP contribution in [0.15, 0.2) is 11.8 Å². The van der Waals surface area contributed by atoms with Gasteiger partial charge in [0.2, 0.25) is 0 Å². The third-order valence-electron chi connectivity index (χ3n) is 4.08. The highest BCUT2D eigenvalue weighted by atomic mass is 14.8. The molecule has 14 N–H and O–H groups in total. The first-order valence-electron chi connectivity index (χ1n) is 7.78. The Kier molecular flexibility index (Phi) is 7.58. The van der Waals surface area contributed by atoms with E-state index in [0.29, 0.717) is 25.0 Å². The van der Waals surface area contributed by atoms with Gasteiger partial charge in [-0.2, -0.15) is 0 Å². The minimum absolute atomic E-state index is 0.00403. The van der Waals surface area contributed by atoms with Gasteiger partial charge >= 0.3 is 0 Å². The van der Waals surface area contributed by atoms with E-state index in [-0.39, 0.29) is 36.3 Å². The molecule has 1 rings (SSSR count). The lowest BCUT2D eigenvalue weighted by atomic mass is 9.91. The van der Waals surface area contributed by atoms with Gasteiger partial charge in [-0.15, -0.1) is 0 Å². The van der Waals surface area contributed by atoms with Gasteiger partial charge in [0.15, 0.2) is 0 Å². The van der Waals surface area contributed by atoms with E-state index in [1.807, 2.05) is 6.08 Å². The molecule has 7 nitrogen and oxygen atoms in total. The van der Waals surface area contributed by atoms with Crippen LogP contribution >= 0.6 is 0 Å². The predicted molar refractivity (Wildman–Crippen MR) is 87.8 cm³/mol. The number of rotatable bonds is 0. The zero-order valence-electron chi connectivity index (χ0n) is 12.8. The summed E-state index contributed by atoms with van der Waals surface area (Å²) in [6.07, 6.45) is 6.12. The van der Waals surface area contributed by atoms with Gasteiger partial charge in [-0.05, 0) is 44.6 Å². The van der Waals surface area contributed by atoms with Crippen molar-refractivity contribution in [3.63, 3.8) is 0 Å². The summed E-state index contributed by atoms with van der Waals surface area (Å²) < 4.78 is 0.